The van der Waals surface area contributed by atoms with E-state index in [1.165, 1.54) is 30.6 Å². The Morgan fingerprint density at radius 2 is 2.00 bits per heavy atom. The van der Waals surface area contributed by atoms with Crippen LogP contribution in [0.3, 0.4) is 0 Å². The first-order chi connectivity index (χ1) is 9.36. The predicted octanol–water partition coefficient (Wildman–Crippen LogP) is 2.76. The molecule has 0 saturated heterocycles. The molecular formula is C14H24N2O2S2. The van der Waals surface area contributed by atoms with Gasteiger partial charge in [0, 0.05) is 22.8 Å². The fraction of sp³-hybridized carbons (Fsp3) is 0.714. The summed E-state index contributed by atoms with van der Waals surface area (Å²) in [4.78, 5) is 2.11. The first kappa shape index (κ1) is 15.9. The lowest BCUT2D eigenvalue weighted by molar-refractivity contribution is 0.219. The molecule has 114 valence electrons. The molecule has 0 aliphatic heterocycles. The van der Waals surface area contributed by atoms with Crippen LogP contribution in [0, 0.1) is 12.3 Å². The Hall–Kier alpha value is -0.430. The van der Waals surface area contributed by atoms with Gasteiger partial charge in [0.05, 0.1) is 4.90 Å². The fourth-order valence-corrected chi connectivity index (χ4v) is 5.53. The molecule has 0 spiro atoms. The molecule has 0 atom stereocenters. The molecule has 1 aliphatic rings. The number of nitrogens with one attached hydrogen (secondary N) is 1. The molecule has 0 radical (unpaired) electrons. The molecule has 3 N–H and O–H groups in total. The van der Waals surface area contributed by atoms with Crippen LogP contribution >= 0.6 is 11.3 Å². The summed E-state index contributed by atoms with van der Waals surface area (Å²) < 4.78 is 27.6. The molecule has 20 heavy (non-hydrogen) atoms. The second-order valence-corrected chi connectivity index (χ2v) is 9.11. The zero-order valence-electron chi connectivity index (χ0n) is 12.2. The van der Waals surface area contributed by atoms with Crippen molar-refractivity contribution in [3.05, 3.63) is 15.8 Å². The highest BCUT2D eigenvalue weighted by molar-refractivity contribution is 7.89. The van der Waals surface area contributed by atoms with Crippen molar-refractivity contribution in [1.82, 2.24) is 4.72 Å². The second kappa shape index (κ2) is 6.13. The summed E-state index contributed by atoms with van der Waals surface area (Å²) in [6, 6.07) is 1.70. The molecule has 1 aliphatic carbocycles. The van der Waals surface area contributed by atoms with Crippen LogP contribution in [-0.2, 0) is 16.6 Å². The number of rotatable bonds is 5. The molecule has 6 heteroatoms. The van der Waals surface area contributed by atoms with Crippen molar-refractivity contribution in [3.63, 3.8) is 0 Å². The van der Waals surface area contributed by atoms with E-state index in [0.29, 0.717) is 18.0 Å². The minimum absolute atomic E-state index is 0.103. The quantitative estimate of drug-likeness (QED) is 0.877. The van der Waals surface area contributed by atoms with E-state index in [-0.39, 0.29) is 5.41 Å². The number of sulfonamides is 1. The van der Waals surface area contributed by atoms with Crippen molar-refractivity contribution < 1.29 is 8.42 Å². The summed E-state index contributed by atoms with van der Waals surface area (Å²) in [5.41, 5.74) is 5.69. The number of nitrogens with two attached hydrogens (primary N) is 1. The van der Waals surface area contributed by atoms with Crippen molar-refractivity contribution in [3.8, 4) is 0 Å². The third-order valence-electron chi connectivity index (χ3n) is 4.16. The summed E-state index contributed by atoms with van der Waals surface area (Å²) in [6.07, 6.45) is 5.88. The van der Waals surface area contributed by atoms with E-state index in [4.69, 9.17) is 5.73 Å². The molecule has 2 rings (SSSR count). The lowest BCUT2D eigenvalue weighted by atomic mass is 9.76. The molecule has 0 unspecified atom stereocenters. The van der Waals surface area contributed by atoms with E-state index >= 15 is 0 Å². The van der Waals surface area contributed by atoms with E-state index < -0.39 is 10.0 Å². The van der Waals surface area contributed by atoms with Gasteiger partial charge in [-0.25, -0.2) is 13.1 Å². The molecule has 1 saturated carbocycles. The normalized spacial score (nSPS) is 19.1. The van der Waals surface area contributed by atoms with Crippen molar-refractivity contribution in [1.29, 1.82) is 0 Å². The predicted molar refractivity (Wildman–Crippen MR) is 83.3 cm³/mol. The Kier molecular flexibility index (Phi) is 4.89. The fourth-order valence-electron chi connectivity index (χ4n) is 2.82. The number of thiophene rings is 1. The zero-order chi connectivity index (χ0) is 14.8. The van der Waals surface area contributed by atoms with Gasteiger partial charge in [-0.15, -0.1) is 11.3 Å². The molecule has 0 bridgehead atoms. The highest BCUT2D eigenvalue weighted by Crippen LogP contribution is 2.35. The van der Waals surface area contributed by atoms with Crippen LogP contribution in [0.4, 0.5) is 0 Å². The van der Waals surface area contributed by atoms with Crippen LogP contribution in [-0.4, -0.2) is 15.0 Å². The first-order valence-corrected chi connectivity index (χ1v) is 9.45. The Morgan fingerprint density at radius 3 is 2.55 bits per heavy atom. The SMILES string of the molecule is Cc1sc(CN)cc1S(=O)(=O)NCC1(C)CCCCC1. The average Bonchev–Trinajstić information content (AvgIpc) is 2.80. The summed E-state index contributed by atoms with van der Waals surface area (Å²) in [5, 5.41) is 0. The van der Waals surface area contributed by atoms with Crippen molar-refractivity contribution in [2.75, 3.05) is 6.54 Å². The average molecular weight is 316 g/mol. The van der Waals surface area contributed by atoms with Gasteiger partial charge in [-0.3, -0.25) is 0 Å². The van der Waals surface area contributed by atoms with Gasteiger partial charge < -0.3 is 5.73 Å². The van der Waals surface area contributed by atoms with E-state index in [0.717, 1.165) is 22.6 Å². The van der Waals surface area contributed by atoms with Crippen LogP contribution in [0.5, 0.6) is 0 Å². The Morgan fingerprint density at radius 1 is 1.35 bits per heavy atom. The van der Waals surface area contributed by atoms with Gasteiger partial charge in [-0.1, -0.05) is 26.2 Å². The summed E-state index contributed by atoms with van der Waals surface area (Å²) in [7, 11) is -3.41. The summed E-state index contributed by atoms with van der Waals surface area (Å²) in [5.74, 6) is 0. The maximum absolute atomic E-state index is 12.4. The summed E-state index contributed by atoms with van der Waals surface area (Å²) >= 11 is 1.46. The van der Waals surface area contributed by atoms with Crippen LogP contribution in [0.25, 0.3) is 0 Å². The molecular weight excluding hydrogens is 292 g/mol. The zero-order valence-corrected chi connectivity index (χ0v) is 13.9. The number of hydrogen-bond acceptors (Lipinski definition) is 4. The molecule has 4 nitrogen and oxygen atoms in total. The highest BCUT2D eigenvalue weighted by Gasteiger charge is 2.29. The van der Waals surface area contributed by atoms with E-state index in [9.17, 15) is 8.42 Å². The Balaban J connectivity index is 2.08. The van der Waals surface area contributed by atoms with Crippen molar-refractivity contribution in [2.45, 2.75) is 57.4 Å². The maximum atomic E-state index is 12.4. The third-order valence-corrected chi connectivity index (χ3v) is 6.89. The molecule has 0 amide bonds. The Labute approximate surface area is 125 Å². The molecule has 1 aromatic heterocycles. The Bertz CT molecular complexity index is 558. The second-order valence-electron chi connectivity index (χ2n) is 6.03. The third kappa shape index (κ3) is 3.61. The van der Waals surface area contributed by atoms with Crippen LogP contribution in [0.1, 0.15) is 48.8 Å². The van der Waals surface area contributed by atoms with Gasteiger partial charge >= 0.3 is 0 Å². The van der Waals surface area contributed by atoms with E-state index in [1.807, 2.05) is 6.92 Å². The smallest absolute Gasteiger partial charge is 0.241 e. The number of aryl methyl sites for hydroxylation is 1. The van der Waals surface area contributed by atoms with Gasteiger partial charge in [-0.05, 0) is 31.2 Å². The molecule has 0 aromatic carbocycles. The van der Waals surface area contributed by atoms with Crippen LogP contribution in [0.2, 0.25) is 0 Å². The molecule has 1 heterocycles. The maximum Gasteiger partial charge on any atom is 0.241 e. The standard InChI is InChI=1S/C14H24N2O2S2/c1-11-13(8-12(9-15)19-11)20(17,18)16-10-14(2)6-4-3-5-7-14/h8,16H,3-7,9-10,15H2,1-2H3. The van der Waals surface area contributed by atoms with Gasteiger partial charge in [0.2, 0.25) is 10.0 Å². The van der Waals surface area contributed by atoms with Crippen LogP contribution in [0.15, 0.2) is 11.0 Å². The largest absolute Gasteiger partial charge is 0.326 e. The van der Waals surface area contributed by atoms with E-state index in [2.05, 4.69) is 11.6 Å². The summed E-state index contributed by atoms with van der Waals surface area (Å²) in [6.45, 7) is 4.93. The molecule has 1 aromatic rings. The van der Waals surface area contributed by atoms with Gasteiger partial charge in [-0.2, -0.15) is 0 Å². The lowest BCUT2D eigenvalue weighted by Crippen LogP contribution is -2.37. The topological polar surface area (TPSA) is 72.2 Å². The minimum atomic E-state index is -3.41. The number of hydrogen-bond donors (Lipinski definition) is 2. The van der Waals surface area contributed by atoms with Gasteiger partial charge in [0.15, 0.2) is 0 Å². The van der Waals surface area contributed by atoms with Crippen LogP contribution < -0.4 is 10.5 Å². The van der Waals surface area contributed by atoms with Gasteiger partial charge in [0.1, 0.15) is 0 Å². The first-order valence-electron chi connectivity index (χ1n) is 7.15. The van der Waals surface area contributed by atoms with Crippen molar-refractivity contribution in [2.24, 2.45) is 11.1 Å². The highest BCUT2D eigenvalue weighted by atomic mass is 32.2. The molecule has 1 fully saturated rings. The lowest BCUT2D eigenvalue weighted by Gasteiger charge is -2.33. The monoisotopic (exact) mass is 316 g/mol. The van der Waals surface area contributed by atoms with Gasteiger partial charge in [0.25, 0.3) is 0 Å². The van der Waals surface area contributed by atoms with Crippen molar-refractivity contribution >= 4 is 21.4 Å². The minimum Gasteiger partial charge on any atom is -0.326 e. The van der Waals surface area contributed by atoms with E-state index in [1.54, 1.807) is 6.07 Å².